The number of nitrogens with one attached hydrogen (secondary N) is 1. The number of aromatic nitrogens is 1. The van der Waals surface area contributed by atoms with Crippen LogP contribution >= 0.6 is 0 Å². The van der Waals surface area contributed by atoms with Crippen LogP contribution < -0.4 is 0 Å². The average molecular weight is 227 g/mol. The number of benzene rings is 1. The Balaban J connectivity index is 2.56. The molecule has 2 nitrogen and oxygen atoms in total. The van der Waals surface area contributed by atoms with Crippen LogP contribution in [0.15, 0.2) is 30.3 Å². The van der Waals surface area contributed by atoms with Crippen molar-refractivity contribution in [2.75, 3.05) is 0 Å². The molecule has 0 spiro atoms. The summed E-state index contributed by atoms with van der Waals surface area (Å²) in [6.07, 6.45) is 0.872. The van der Waals surface area contributed by atoms with Gasteiger partial charge in [-0.2, -0.15) is 0 Å². The van der Waals surface area contributed by atoms with Gasteiger partial charge in [-0.05, 0) is 30.0 Å². The summed E-state index contributed by atoms with van der Waals surface area (Å²) >= 11 is 0. The van der Waals surface area contributed by atoms with E-state index in [-0.39, 0.29) is 0 Å². The number of carbonyl (C=O) groups is 1. The highest BCUT2D eigenvalue weighted by molar-refractivity contribution is 5.78. The van der Waals surface area contributed by atoms with Crippen LogP contribution in [0.1, 0.15) is 41.4 Å². The van der Waals surface area contributed by atoms with Gasteiger partial charge in [0.2, 0.25) is 0 Å². The molecule has 17 heavy (non-hydrogen) atoms. The Hall–Kier alpha value is -1.83. The monoisotopic (exact) mass is 227 g/mol. The van der Waals surface area contributed by atoms with E-state index in [0.717, 1.165) is 17.5 Å². The molecular weight excluding hydrogens is 210 g/mol. The van der Waals surface area contributed by atoms with Gasteiger partial charge in [0.1, 0.15) is 0 Å². The molecule has 0 atom stereocenters. The Morgan fingerprint density at radius 1 is 1.24 bits per heavy atom. The predicted octanol–water partition coefficient (Wildman–Crippen LogP) is 3.93. The quantitative estimate of drug-likeness (QED) is 0.792. The van der Waals surface area contributed by atoms with Crippen molar-refractivity contribution in [3.05, 3.63) is 47.2 Å². The van der Waals surface area contributed by atoms with Crippen molar-refractivity contribution in [2.24, 2.45) is 0 Å². The summed E-state index contributed by atoms with van der Waals surface area (Å²) in [6.45, 7) is 6.30. The average Bonchev–Trinajstić information content (AvgIpc) is 2.70. The first-order valence-electron chi connectivity index (χ1n) is 5.87. The summed E-state index contributed by atoms with van der Waals surface area (Å²) in [6, 6.07) is 10.3. The zero-order chi connectivity index (χ0) is 12.4. The summed E-state index contributed by atoms with van der Waals surface area (Å²) in [5.41, 5.74) is 5.16. The van der Waals surface area contributed by atoms with Crippen LogP contribution in [0, 0.1) is 6.92 Å². The van der Waals surface area contributed by atoms with E-state index in [1.807, 2.05) is 19.1 Å². The van der Waals surface area contributed by atoms with Gasteiger partial charge >= 0.3 is 0 Å². The number of hydrogen-bond acceptors (Lipinski definition) is 1. The van der Waals surface area contributed by atoms with Crippen LogP contribution in [0.3, 0.4) is 0 Å². The summed E-state index contributed by atoms with van der Waals surface area (Å²) in [5, 5.41) is 0. The van der Waals surface area contributed by atoms with E-state index in [0.29, 0.717) is 11.6 Å². The van der Waals surface area contributed by atoms with Gasteiger partial charge in [-0.3, -0.25) is 4.79 Å². The lowest BCUT2D eigenvalue weighted by Crippen LogP contribution is -1.92. The molecule has 2 aromatic rings. The van der Waals surface area contributed by atoms with E-state index in [1.54, 1.807) is 0 Å². The number of H-pyrrole nitrogens is 1. The van der Waals surface area contributed by atoms with E-state index < -0.39 is 0 Å². The van der Waals surface area contributed by atoms with E-state index in [1.165, 1.54) is 11.1 Å². The standard InChI is InChI=1S/C15H17NO/c1-10(2)12-6-4-5-7-13(12)14-8-11(3)15(9-17)16-14/h4-10,16H,1-3H3. The number of hydrogen-bond donors (Lipinski definition) is 1. The summed E-state index contributed by atoms with van der Waals surface area (Å²) < 4.78 is 0. The molecule has 0 aliphatic rings. The molecule has 0 aliphatic heterocycles. The predicted molar refractivity (Wildman–Crippen MR) is 70.4 cm³/mol. The number of aryl methyl sites for hydroxylation is 1. The van der Waals surface area contributed by atoms with Crippen LogP contribution in [0.25, 0.3) is 11.3 Å². The second-order valence-corrected chi connectivity index (χ2v) is 4.64. The first-order valence-corrected chi connectivity index (χ1v) is 5.87. The molecule has 0 saturated heterocycles. The third-order valence-electron chi connectivity index (χ3n) is 3.05. The van der Waals surface area contributed by atoms with Gasteiger partial charge in [-0.15, -0.1) is 0 Å². The molecule has 0 aliphatic carbocycles. The first kappa shape index (κ1) is 11.6. The maximum absolute atomic E-state index is 10.9. The molecular formula is C15H17NO. The molecule has 0 bridgehead atoms. The van der Waals surface area contributed by atoms with Gasteiger partial charge in [0, 0.05) is 11.3 Å². The Bertz CT molecular complexity index is 538. The molecule has 1 N–H and O–H groups in total. The van der Waals surface area contributed by atoms with Gasteiger partial charge in [0.15, 0.2) is 6.29 Å². The van der Waals surface area contributed by atoms with Crippen LogP contribution in [0.5, 0.6) is 0 Å². The molecule has 88 valence electrons. The maximum Gasteiger partial charge on any atom is 0.166 e. The molecule has 1 aromatic heterocycles. The van der Waals surface area contributed by atoms with E-state index >= 15 is 0 Å². The topological polar surface area (TPSA) is 32.9 Å². The molecule has 2 heteroatoms. The fourth-order valence-corrected chi connectivity index (χ4v) is 2.09. The van der Waals surface area contributed by atoms with Crippen molar-refractivity contribution in [1.82, 2.24) is 4.98 Å². The van der Waals surface area contributed by atoms with Crippen molar-refractivity contribution in [2.45, 2.75) is 26.7 Å². The van der Waals surface area contributed by atoms with Gasteiger partial charge in [0.25, 0.3) is 0 Å². The minimum Gasteiger partial charge on any atom is -0.352 e. The Morgan fingerprint density at radius 3 is 2.53 bits per heavy atom. The molecule has 0 amide bonds. The lowest BCUT2D eigenvalue weighted by Gasteiger charge is -2.11. The van der Waals surface area contributed by atoms with E-state index in [4.69, 9.17) is 0 Å². The van der Waals surface area contributed by atoms with Crippen molar-refractivity contribution in [3.8, 4) is 11.3 Å². The van der Waals surface area contributed by atoms with Crippen LogP contribution in [-0.4, -0.2) is 11.3 Å². The molecule has 0 radical (unpaired) electrons. The van der Waals surface area contributed by atoms with Gasteiger partial charge < -0.3 is 4.98 Å². The van der Waals surface area contributed by atoms with Crippen LogP contribution in [-0.2, 0) is 0 Å². The highest BCUT2D eigenvalue weighted by Gasteiger charge is 2.11. The second-order valence-electron chi connectivity index (χ2n) is 4.64. The molecule has 0 unspecified atom stereocenters. The highest BCUT2D eigenvalue weighted by Crippen LogP contribution is 2.29. The third-order valence-corrected chi connectivity index (χ3v) is 3.05. The third kappa shape index (κ3) is 2.16. The van der Waals surface area contributed by atoms with Gasteiger partial charge in [-0.25, -0.2) is 0 Å². The Labute approximate surface area is 102 Å². The zero-order valence-electron chi connectivity index (χ0n) is 10.4. The number of rotatable bonds is 3. The first-order chi connectivity index (χ1) is 8.13. The van der Waals surface area contributed by atoms with Crippen molar-refractivity contribution in [1.29, 1.82) is 0 Å². The van der Waals surface area contributed by atoms with Crippen molar-refractivity contribution < 1.29 is 4.79 Å². The summed E-state index contributed by atoms with van der Waals surface area (Å²) in [7, 11) is 0. The minimum absolute atomic E-state index is 0.467. The van der Waals surface area contributed by atoms with Crippen molar-refractivity contribution in [3.63, 3.8) is 0 Å². The highest BCUT2D eigenvalue weighted by atomic mass is 16.1. The Kier molecular flexibility index (Phi) is 3.14. The lowest BCUT2D eigenvalue weighted by atomic mass is 9.95. The maximum atomic E-state index is 10.9. The van der Waals surface area contributed by atoms with Gasteiger partial charge in [0.05, 0.1) is 5.69 Å². The largest absolute Gasteiger partial charge is 0.352 e. The molecule has 2 rings (SSSR count). The molecule has 1 heterocycles. The van der Waals surface area contributed by atoms with Gasteiger partial charge in [-0.1, -0.05) is 38.1 Å². The SMILES string of the molecule is Cc1cc(-c2ccccc2C(C)C)[nH]c1C=O. The van der Waals surface area contributed by atoms with E-state index in [9.17, 15) is 4.79 Å². The lowest BCUT2D eigenvalue weighted by molar-refractivity contribution is 0.111. The van der Waals surface area contributed by atoms with E-state index in [2.05, 4.69) is 37.0 Å². The Morgan fingerprint density at radius 2 is 1.94 bits per heavy atom. The minimum atomic E-state index is 0.467. The number of carbonyl (C=O) groups excluding carboxylic acids is 1. The molecule has 0 fully saturated rings. The molecule has 0 saturated carbocycles. The summed E-state index contributed by atoms with van der Waals surface area (Å²) in [4.78, 5) is 14.0. The molecule has 1 aromatic carbocycles. The number of aromatic amines is 1. The normalized spacial score (nSPS) is 10.8. The fourth-order valence-electron chi connectivity index (χ4n) is 2.09. The smallest absolute Gasteiger partial charge is 0.166 e. The second kappa shape index (κ2) is 4.58. The van der Waals surface area contributed by atoms with Crippen LogP contribution in [0.4, 0.5) is 0 Å². The zero-order valence-corrected chi connectivity index (χ0v) is 10.4. The van der Waals surface area contributed by atoms with Crippen LogP contribution in [0.2, 0.25) is 0 Å². The fraction of sp³-hybridized carbons (Fsp3) is 0.267. The summed E-state index contributed by atoms with van der Waals surface area (Å²) in [5.74, 6) is 0.467. The number of aldehydes is 1. The van der Waals surface area contributed by atoms with Crippen molar-refractivity contribution >= 4 is 6.29 Å².